The number of halogens is 2. The summed E-state index contributed by atoms with van der Waals surface area (Å²) in [6, 6.07) is 5.17. The van der Waals surface area contributed by atoms with Crippen LogP contribution in [0.2, 0.25) is 0 Å². The fraction of sp³-hybridized carbons (Fsp3) is 0.500. The third-order valence-corrected chi connectivity index (χ3v) is 6.42. The van der Waals surface area contributed by atoms with E-state index < -0.39 is 15.8 Å². The normalized spacial score (nSPS) is 26.2. The summed E-state index contributed by atoms with van der Waals surface area (Å²) in [6.07, 6.45) is 0.774. The lowest BCUT2D eigenvalue weighted by Gasteiger charge is -2.33. The van der Waals surface area contributed by atoms with Crippen molar-refractivity contribution in [3.05, 3.63) is 30.1 Å². The predicted molar refractivity (Wildman–Crippen MR) is 71.7 cm³/mol. The van der Waals surface area contributed by atoms with Gasteiger partial charge in [-0.05, 0) is 30.5 Å². The molecule has 100 valence electrons. The minimum atomic E-state index is -3.57. The smallest absolute Gasteiger partial charge is 0.207 e. The maximum atomic E-state index is 13.1. The molecule has 0 N–H and O–H groups in total. The van der Waals surface area contributed by atoms with E-state index in [2.05, 4.69) is 15.9 Å². The first-order valence-corrected chi connectivity index (χ1v) is 8.16. The number of benzene rings is 1. The third-order valence-electron chi connectivity index (χ3n) is 3.20. The molecule has 6 heteroatoms. The Hall–Kier alpha value is -0.460. The van der Waals surface area contributed by atoms with Crippen molar-refractivity contribution in [1.82, 2.24) is 4.31 Å². The lowest BCUT2D eigenvalue weighted by atomic mass is 10.0. The van der Waals surface area contributed by atoms with Crippen molar-refractivity contribution >= 4 is 26.0 Å². The van der Waals surface area contributed by atoms with Gasteiger partial charge in [-0.2, -0.15) is 4.31 Å². The minimum absolute atomic E-state index is 0.0303. The van der Waals surface area contributed by atoms with Gasteiger partial charge in [0.2, 0.25) is 10.0 Å². The summed E-state index contributed by atoms with van der Waals surface area (Å²) >= 11 is 3.53. The van der Waals surface area contributed by atoms with Gasteiger partial charge in [0.1, 0.15) is 5.82 Å². The Balaban J connectivity index is 2.27. The number of hydrogen-bond acceptors (Lipinski definition) is 2. The van der Waals surface area contributed by atoms with E-state index in [1.807, 2.05) is 6.92 Å². The van der Waals surface area contributed by atoms with E-state index in [-0.39, 0.29) is 10.8 Å². The van der Waals surface area contributed by atoms with Gasteiger partial charge in [0, 0.05) is 17.9 Å². The second-order valence-electron chi connectivity index (χ2n) is 4.60. The van der Waals surface area contributed by atoms with E-state index in [4.69, 9.17) is 0 Å². The van der Waals surface area contributed by atoms with Crippen molar-refractivity contribution in [3.63, 3.8) is 0 Å². The van der Waals surface area contributed by atoms with Gasteiger partial charge in [-0.1, -0.05) is 28.9 Å². The van der Waals surface area contributed by atoms with Crippen LogP contribution in [0.15, 0.2) is 29.2 Å². The average Bonchev–Trinajstić information content (AvgIpc) is 2.32. The molecule has 2 unspecified atom stereocenters. The fourth-order valence-electron chi connectivity index (χ4n) is 2.07. The number of piperidine rings is 1. The molecule has 18 heavy (non-hydrogen) atoms. The van der Waals surface area contributed by atoms with Gasteiger partial charge in [0.25, 0.3) is 0 Å². The highest BCUT2D eigenvalue weighted by atomic mass is 79.9. The molecule has 2 atom stereocenters. The molecule has 1 saturated heterocycles. The number of hydrogen-bond donors (Lipinski definition) is 0. The van der Waals surface area contributed by atoms with Crippen molar-refractivity contribution in [2.24, 2.45) is 5.92 Å². The minimum Gasteiger partial charge on any atom is -0.207 e. The average molecular weight is 336 g/mol. The topological polar surface area (TPSA) is 37.4 Å². The molecular weight excluding hydrogens is 321 g/mol. The molecule has 1 aliphatic heterocycles. The second kappa shape index (κ2) is 5.27. The lowest BCUT2D eigenvalue weighted by Crippen LogP contribution is -2.43. The first kappa shape index (κ1) is 14.0. The maximum absolute atomic E-state index is 13.1. The number of alkyl halides is 1. The Bertz CT molecular complexity index is 535. The van der Waals surface area contributed by atoms with Gasteiger partial charge in [-0.15, -0.1) is 0 Å². The SMILES string of the molecule is CC1CN(S(=O)(=O)c2cccc(F)c2)CCC1Br. The standard InChI is InChI=1S/C12H15BrFNO2S/c1-9-8-15(6-5-12(9)13)18(16,17)11-4-2-3-10(14)7-11/h2-4,7,9,12H,5-6,8H2,1H3. The summed E-state index contributed by atoms with van der Waals surface area (Å²) in [6.45, 7) is 2.94. The molecule has 1 heterocycles. The van der Waals surface area contributed by atoms with E-state index >= 15 is 0 Å². The fourth-order valence-corrected chi connectivity index (χ4v) is 4.03. The van der Waals surface area contributed by atoms with E-state index in [1.165, 1.54) is 22.5 Å². The quantitative estimate of drug-likeness (QED) is 0.779. The van der Waals surface area contributed by atoms with Crippen molar-refractivity contribution in [3.8, 4) is 0 Å². The highest BCUT2D eigenvalue weighted by molar-refractivity contribution is 9.09. The van der Waals surface area contributed by atoms with Crippen LogP contribution in [0.1, 0.15) is 13.3 Å². The molecule has 0 amide bonds. The molecule has 0 aromatic heterocycles. The Morgan fingerprint density at radius 1 is 1.44 bits per heavy atom. The molecule has 0 bridgehead atoms. The maximum Gasteiger partial charge on any atom is 0.243 e. The zero-order valence-corrected chi connectivity index (χ0v) is 12.4. The van der Waals surface area contributed by atoms with Crippen LogP contribution in [0.4, 0.5) is 4.39 Å². The largest absolute Gasteiger partial charge is 0.243 e. The van der Waals surface area contributed by atoms with Crippen LogP contribution in [-0.2, 0) is 10.0 Å². The molecule has 1 aliphatic rings. The van der Waals surface area contributed by atoms with Gasteiger partial charge in [-0.3, -0.25) is 0 Å². The summed E-state index contributed by atoms with van der Waals surface area (Å²) in [5, 5.41) is 0. The molecule has 3 nitrogen and oxygen atoms in total. The zero-order valence-electron chi connectivity index (χ0n) is 10.0. The first-order valence-electron chi connectivity index (χ1n) is 5.81. The zero-order chi connectivity index (χ0) is 13.3. The van der Waals surface area contributed by atoms with E-state index in [0.29, 0.717) is 17.9 Å². The number of rotatable bonds is 2. The van der Waals surface area contributed by atoms with Crippen LogP contribution in [-0.4, -0.2) is 30.6 Å². The van der Waals surface area contributed by atoms with Gasteiger partial charge in [-0.25, -0.2) is 12.8 Å². The van der Waals surface area contributed by atoms with Crippen LogP contribution >= 0.6 is 15.9 Å². The van der Waals surface area contributed by atoms with Crippen molar-refractivity contribution in [2.75, 3.05) is 13.1 Å². The summed E-state index contributed by atoms with van der Waals surface area (Å²) in [5.41, 5.74) is 0. The molecule has 0 spiro atoms. The molecule has 1 fully saturated rings. The number of sulfonamides is 1. The Morgan fingerprint density at radius 2 is 2.17 bits per heavy atom. The van der Waals surface area contributed by atoms with E-state index in [9.17, 15) is 12.8 Å². The second-order valence-corrected chi connectivity index (χ2v) is 7.72. The van der Waals surface area contributed by atoms with Gasteiger partial charge < -0.3 is 0 Å². The molecule has 1 aromatic rings. The van der Waals surface area contributed by atoms with Crippen molar-refractivity contribution in [1.29, 1.82) is 0 Å². The molecular formula is C12H15BrFNO2S. The first-order chi connectivity index (χ1) is 8.41. The molecule has 2 rings (SSSR count). The highest BCUT2D eigenvalue weighted by Gasteiger charge is 2.32. The highest BCUT2D eigenvalue weighted by Crippen LogP contribution is 2.27. The summed E-state index contributed by atoms with van der Waals surface area (Å²) < 4.78 is 39.2. The van der Waals surface area contributed by atoms with Gasteiger partial charge >= 0.3 is 0 Å². The molecule has 0 aliphatic carbocycles. The van der Waals surface area contributed by atoms with Crippen molar-refractivity contribution < 1.29 is 12.8 Å². The Morgan fingerprint density at radius 3 is 2.78 bits per heavy atom. The van der Waals surface area contributed by atoms with E-state index in [1.54, 1.807) is 0 Å². The Kier molecular flexibility index (Phi) is 4.08. The summed E-state index contributed by atoms with van der Waals surface area (Å²) in [4.78, 5) is 0.374. The molecule has 0 saturated carbocycles. The van der Waals surface area contributed by atoms with Crippen LogP contribution in [0, 0.1) is 11.7 Å². The Labute approximate surface area is 115 Å². The lowest BCUT2D eigenvalue weighted by molar-refractivity contribution is 0.291. The predicted octanol–water partition coefficient (Wildman–Crippen LogP) is 2.62. The number of nitrogens with zero attached hydrogens (tertiary/aromatic N) is 1. The third kappa shape index (κ3) is 2.75. The van der Waals surface area contributed by atoms with Crippen LogP contribution in [0.5, 0.6) is 0 Å². The molecule has 0 radical (unpaired) electrons. The van der Waals surface area contributed by atoms with E-state index in [0.717, 1.165) is 12.5 Å². The van der Waals surface area contributed by atoms with Crippen LogP contribution in [0.25, 0.3) is 0 Å². The van der Waals surface area contributed by atoms with Crippen molar-refractivity contribution in [2.45, 2.75) is 23.1 Å². The van der Waals surface area contributed by atoms with Gasteiger partial charge in [0.05, 0.1) is 4.90 Å². The van der Waals surface area contributed by atoms with Crippen LogP contribution in [0.3, 0.4) is 0 Å². The van der Waals surface area contributed by atoms with Crippen LogP contribution < -0.4 is 0 Å². The van der Waals surface area contributed by atoms with Gasteiger partial charge in [0.15, 0.2) is 0 Å². The summed E-state index contributed by atoms with van der Waals surface area (Å²) in [5.74, 6) is -0.276. The molecule has 1 aromatic carbocycles. The summed E-state index contributed by atoms with van der Waals surface area (Å²) in [7, 11) is -3.57. The monoisotopic (exact) mass is 335 g/mol.